The van der Waals surface area contributed by atoms with Gasteiger partial charge in [0.15, 0.2) is 0 Å². The predicted molar refractivity (Wildman–Crippen MR) is 99.5 cm³/mol. The lowest BCUT2D eigenvalue weighted by Gasteiger charge is -2.29. The maximum atomic E-state index is 10.9. The van der Waals surface area contributed by atoms with Gasteiger partial charge in [0.2, 0.25) is 0 Å². The fourth-order valence-corrected chi connectivity index (χ4v) is 3.22. The minimum absolute atomic E-state index is 0.457. The Morgan fingerprint density at radius 3 is 3.04 bits per heavy atom. The molecule has 0 aliphatic carbocycles. The molecule has 0 atom stereocenters. The second-order valence-corrected chi connectivity index (χ2v) is 5.95. The van der Waals surface area contributed by atoms with E-state index in [1.54, 1.807) is 6.08 Å². The molecule has 2 aromatic rings. The Kier molecular flexibility index (Phi) is 5.26. The van der Waals surface area contributed by atoms with Crippen LogP contribution in [0.15, 0.2) is 49.1 Å². The van der Waals surface area contributed by atoms with E-state index in [4.69, 9.17) is 4.98 Å². The molecule has 0 fully saturated rings. The highest BCUT2D eigenvalue weighted by atomic mass is 16.1. The Labute approximate surface area is 142 Å². The van der Waals surface area contributed by atoms with Crippen LogP contribution < -0.4 is 4.90 Å². The molecule has 1 aliphatic rings. The number of carbonyl (C=O) groups excluding carboxylic acids is 1. The number of aldehydes is 1. The molecule has 2 heterocycles. The molecule has 1 aromatic carbocycles. The first kappa shape index (κ1) is 16.2. The number of nitrogens with zero attached hydrogens (tertiary/aromatic N) is 2. The lowest BCUT2D eigenvalue weighted by atomic mass is 10.00. The van der Waals surface area contributed by atoms with E-state index in [1.165, 1.54) is 5.56 Å². The zero-order valence-corrected chi connectivity index (χ0v) is 13.9. The number of allylic oxidation sites excluding steroid dienone is 5. The van der Waals surface area contributed by atoms with Crippen LogP contribution in [0.2, 0.25) is 0 Å². The van der Waals surface area contributed by atoms with Crippen LogP contribution in [0.3, 0.4) is 0 Å². The molecular formula is C20H23N3O. The number of H-pyrrole nitrogens is 1. The highest BCUT2D eigenvalue weighted by Gasteiger charge is 2.20. The van der Waals surface area contributed by atoms with Gasteiger partial charge in [-0.2, -0.15) is 0 Å². The molecule has 0 saturated carbocycles. The zero-order chi connectivity index (χ0) is 16.8. The maximum absolute atomic E-state index is 10.9. The molecule has 0 radical (unpaired) electrons. The lowest BCUT2D eigenvalue weighted by molar-refractivity contribution is -0.106. The van der Waals surface area contributed by atoms with Crippen molar-refractivity contribution in [1.29, 1.82) is 0 Å². The Hall–Kier alpha value is -2.62. The second-order valence-electron chi connectivity index (χ2n) is 5.95. The molecule has 3 rings (SSSR count). The minimum atomic E-state index is 0.457. The van der Waals surface area contributed by atoms with Crippen LogP contribution >= 0.6 is 0 Å². The minimum Gasteiger partial charge on any atom is -0.364 e. The first-order chi connectivity index (χ1) is 11.8. The van der Waals surface area contributed by atoms with Gasteiger partial charge in [-0.1, -0.05) is 37.0 Å². The summed E-state index contributed by atoms with van der Waals surface area (Å²) in [6.45, 7) is 5.04. The van der Waals surface area contributed by atoms with E-state index < -0.39 is 0 Å². The molecule has 0 unspecified atom stereocenters. The van der Waals surface area contributed by atoms with Crippen molar-refractivity contribution in [2.24, 2.45) is 0 Å². The standard InChI is InChI=1S/C20H23N3O/c1-2-3-4-5-6-7-10-19-21-17-11-12-18-16(20(17)22-19)9-8-13-23(18)14-15-24/h2-6,11-12,15H,1,7-10,13-14H2,(H,21,22)/b4-3-,6-5-. The predicted octanol–water partition coefficient (Wildman–Crippen LogP) is 3.75. The summed E-state index contributed by atoms with van der Waals surface area (Å²) in [6.07, 6.45) is 14.7. The second kappa shape index (κ2) is 7.77. The van der Waals surface area contributed by atoms with Crippen LogP contribution in [0, 0.1) is 0 Å². The van der Waals surface area contributed by atoms with Crippen molar-refractivity contribution in [3.63, 3.8) is 0 Å². The smallest absolute Gasteiger partial charge is 0.139 e. The lowest BCUT2D eigenvalue weighted by Crippen LogP contribution is -2.31. The summed E-state index contributed by atoms with van der Waals surface area (Å²) in [5.74, 6) is 1.02. The molecule has 4 nitrogen and oxygen atoms in total. The van der Waals surface area contributed by atoms with Crippen molar-refractivity contribution >= 4 is 23.0 Å². The van der Waals surface area contributed by atoms with E-state index in [2.05, 4.69) is 34.7 Å². The summed E-state index contributed by atoms with van der Waals surface area (Å²) >= 11 is 0. The van der Waals surface area contributed by atoms with Crippen molar-refractivity contribution in [2.45, 2.75) is 25.7 Å². The number of anilines is 1. The third-order valence-corrected chi connectivity index (χ3v) is 4.32. The topological polar surface area (TPSA) is 49.0 Å². The molecule has 4 heteroatoms. The van der Waals surface area contributed by atoms with E-state index in [0.717, 1.165) is 61.1 Å². The van der Waals surface area contributed by atoms with Crippen LogP contribution in [-0.2, 0) is 17.6 Å². The Balaban J connectivity index is 1.78. The summed E-state index contributed by atoms with van der Waals surface area (Å²) in [5, 5.41) is 0. The molecule has 24 heavy (non-hydrogen) atoms. The zero-order valence-electron chi connectivity index (χ0n) is 13.9. The molecular weight excluding hydrogens is 298 g/mol. The number of hydrogen-bond acceptors (Lipinski definition) is 3. The monoisotopic (exact) mass is 321 g/mol. The first-order valence-electron chi connectivity index (χ1n) is 8.46. The van der Waals surface area contributed by atoms with Gasteiger partial charge >= 0.3 is 0 Å². The maximum Gasteiger partial charge on any atom is 0.139 e. The van der Waals surface area contributed by atoms with E-state index in [-0.39, 0.29) is 0 Å². The number of aromatic nitrogens is 2. The molecule has 0 bridgehead atoms. The van der Waals surface area contributed by atoms with Crippen molar-refractivity contribution in [2.75, 3.05) is 18.0 Å². The van der Waals surface area contributed by atoms with Gasteiger partial charge in [-0.25, -0.2) is 4.98 Å². The number of hydrogen-bond donors (Lipinski definition) is 1. The number of rotatable bonds is 7. The molecule has 0 amide bonds. The fraction of sp³-hybridized carbons (Fsp3) is 0.300. The average Bonchev–Trinajstić information content (AvgIpc) is 3.02. The van der Waals surface area contributed by atoms with Gasteiger partial charge in [-0.3, -0.25) is 0 Å². The molecule has 1 N–H and O–H groups in total. The summed E-state index contributed by atoms with van der Waals surface area (Å²) < 4.78 is 0. The molecule has 0 spiro atoms. The number of imidazole rings is 1. The summed E-state index contributed by atoms with van der Waals surface area (Å²) in [6, 6.07) is 4.19. The first-order valence-corrected chi connectivity index (χ1v) is 8.46. The van der Waals surface area contributed by atoms with Gasteiger partial charge in [0.1, 0.15) is 12.1 Å². The number of aryl methyl sites for hydroxylation is 2. The Morgan fingerprint density at radius 1 is 1.29 bits per heavy atom. The molecule has 124 valence electrons. The Bertz CT molecular complexity index is 786. The van der Waals surface area contributed by atoms with Crippen molar-refractivity contribution in [1.82, 2.24) is 9.97 Å². The average molecular weight is 321 g/mol. The number of carbonyl (C=O) groups is 1. The van der Waals surface area contributed by atoms with E-state index in [1.807, 2.05) is 18.2 Å². The number of benzene rings is 1. The molecule has 0 saturated heterocycles. The van der Waals surface area contributed by atoms with Crippen LogP contribution in [0.5, 0.6) is 0 Å². The quantitative estimate of drug-likeness (QED) is 0.624. The van der Waals surface area contributed by atoms with E-state index in [0.29, 0.717) is 6.54 Å². The van der Waals surface area contributed by atoms with Gasteiger partial charge in [0.25, 0.3) is 0 Å². The van der Waals surface area contributed by atoms with Gasteiger partial charge in [0.05, 0.1) is 17.6 Å². The van der Waals surface area contributed by atoms with Crippen molar-refractivity contribution in [3.8, 4) is 0 Å². The van der Waals surface area contributed by atoms with Crippen LogP contribution in [-0.4, -0.2) is 29.3 Å². The number of fused-ring (bicyclic) bond motifs is 3. The fourth-order valence-electron chi connectivity index (χ4n) is 3.22. The van der Waals surface area contributed by atoms with E-state index in [9.17, 15) is 4.79 Å². The van der Waals surface area contributed by atoms with E-state index >= 15 is 0 Å². The Morgan fingerprint density at radius 2 is 2.21 bits per heavy atom. The van der Waals surface area contributed by atoms with Crippen molar-refractivity contribution < 1.29 is 4.79 Å². The van der Waals surface area contributed by atoms with Gasteiger partial charge in [-0.05, 0) is 31.4 Å². The van der Waals surface area contributed by atoms with Gasteiger partial charge in [0, 0.05) is 24.2 Å². The normalized spacial score (nSPS) is 14.6. The summed E-state index contributed by atoms with van der Waals surface area (Å²) in [4.78, 5) is 21.3. The molecule has 1 aliphatic heterocycles. The summed E-state index contributed by atoms with van der Waals surface area (Å²) in [5.41, 5.74) is 4.58. The largest absolute Gasteiger partial charge is 0.364 e. The number of nitrogens with one attached hydrogen (secondary N) is 1. The SMILES string of the molecule is C=C/C=C\C=C/CCc1nc2c3c(ccc2[nH]1)N(CC=O)CCC3. The van der Waals surface area contributed by atoms with Crippen LogP contribution in [0.4, 0.5) is 5.69 Å². The molecule has 1 aromatic heterocycles. The summed E-state index contributed by atoms with van der Waals surface area (Å²) in [7, 11) is 0. The highest BCUT2D eigenvalue weighted by Crippen LogP contribution is 2.32. The van der Waals surface area contributed by atoms with Gasteiger partial charge in [-0.15, -0.1) is 0 Å². The van der Waals surface area contributed by atoms with Gasteiger partial charge < -0.3 is 14.7 Å². The third kappa shape index (κ3) is 3.48. The highest BCUT2D eigenvalue weighted by molar-refractivity contribution is 5.86. The number of aromatic amines is 1. The van der Waals surface area contributed by atoms with Crippen molar-refractivity contribution in [3.05, 3.63) is 60.5 Å². The van der Waals surface area contributed by atoms with Crippen LogP contribution in [0.25, 0.3) is 11.0 Å². The third-order valence-electron chi connectivity index (χ3n) is 4.32. The van der Waals surface area contributed by atoms with Crippen LogP contribution in [0.1, 0.15) is 24.2 Å².